The van der Waals surface area contributed by atoms with Gasteiger partial charge in [0.15, 0.2) is 5.78 Å². The summed E-state index contributed by atoms with van der Waals surface area (Å²) in [7, 11) is 0. The molecule has 0 spiro atoms. The van der Waals surface area contributed by atoms with Gasteiger partial charge in [-0.15, -0.1) is 0 Å². The molecule has 1 aromatic rings. The van der Waals surface area contributed by atoms with Crippen LogP contribution in [0.1, 0.15) is 62.7 Å². The maximum absolute atomic E-state index is 11.6. The Hall–Kier alpha value is -1.31. The van der Waals surface area contributed by atoms with E-state index in [9.17, 15) is 4.79 Å². The van der Waals surface area contributed by atoms with E-state index in [0.717, 1.165) is 29.6 Å². The first kappa shape index (κ1) is 15.1. The number of anilines is 1. The summed E-state index contributed by atoms with van der Waals surface area (Å²) in [4.78, 5) is 11.6. The molecule has 0 aliphatic heterocycles. The number of Topliss-reactive ketones (excluding diaryl/α,β-unsaturated/α-hetero) is 1. The minimum Gasteiger partial charge on any atom is -0.385 e. The molecule has 2 nitrogen and oxygen atoms in total. The van der Waals surface area contributed by atoms with Crippen LogP contribution in [0.25, 0.3) is 0 Å². The Kier molecular flexibility index (Phi) is 5.63. The van der Waals surface area contributed by atoms with E-state index < -0.39 is 0 Å². The van der Waals surface area contributed by atoms with E-state index in [1.165, 1.54) is 32.1 Å². The number of ketones is 1. The van der Waals surface area contributed by atoms with E-state index in [-0.39, 0.29) is 5.78 Å². The van der Waals surface area contributed by atoms with Crippen LogP contribution in [0.5, 0.6) is 0 Å². The molecule has 2 heteroatoms. The largest absolute Gasteiger partial charge is 0.385 e. The highest BCUT2D eigenvalue weighted by molar-refractivity contribution is 5.96. The lowest BCUT2D eigenvalue weighted by atomic mass is 9.81. The van der Waals surface area contributed by atoms with Crippen LogP contribution in [0.3, 0.4) is 0 Å². The second kappa shape index (κ2) is 7.47. The minimum atomic E-state index is 0.216. The average molecular weight is 273 g/mol. The molecule has 1 aliphatic carbocycles. The van der Waals surface area contributed by atoms with Crippen LogP contribution in [-0.2, 0) is 0 Å². The normalized spacial score (nSPS) is 22.5. The van der Waals surface area contributed by atoms with E-state index in [1.54, 1.807) is 0 Å². The number of rotatable bonds is 6. The Balaban J connectivity index is 1.75. The molecule has 0 amide bonds. The van der Waals surface area contributed by atoms with E-state index in [4.69, 9.17) is 0 Å². The van der Waals surface area contributed by atoms with E-state index in [0.29, 0.717) is 6.42 Å². The maximum Gasteiger partial charge on any atom is 0.162 e. The summed E-state index contributed by atoms with van der Waals surface area (Å²) in [6, 6.07) is 7.90. The third kappa shape index (κ3) is 4.36. The van der Waals surface area contributed by atoms with Crippen LogP contribution < -0.4 is 5.32 Å². The molecule has 2 atom stereocenters. The lowest BCUT2D eigenvalue weighted by Crippen LogP contribution is -2.16. The van der Waals surface area contributed by atoms with Crippen molar-refractivity contribution in [2.45, 2.75) is 52.4 Å². The third-order valence-electron chi connectivity index (χ3n) is 4.45. The first-order valence-electron chi connectivity index (χ1n) is 8.06. The highest BCUT2D eigenvalue weighted by Crippen LogP contribution is 2.30. The highest BCUT2D eigenvalue weighted by Gasteiger charge is 2.18. The van der Waals surface area contributed by atoms with Gasteiger partial charge in [0.25, 0.3) is 0 Å². The Labute approximate surface area is 123 Å². The molecule has 0 heterocycles. The lowest BCUT2D eigenvalue weighted by molar-refractivity contribution is 0.0988. The molecule has 1 aromatic carbocycles. The zero-order valence-corrected chi connectivity index (χ0v) is 12.8. The van der Waals surface area contributed by atoms with Crippen molar-refractivity contribution >= 4 is 11.5 Å². The number of hydrogen-bond acceptors (Lipinski definition) is 2. The van der Waals surface area contributed by atoms with E-state index >= 15 is 0 Å². The van der Waals surface area contributed by atoms with Crippen molar-refractivity contribution in [2.24, 2.45) is 11.8 Å². The number of carbonyl (C=O) groups excluding carboxylic acids is 1. The van der Waals surface area contributed by atoms with Crippen molar-refractivity contribution in [1.82, 2.24) is 0 Å². The topological polar surface area (TPSA) is 29.1 Å². The van der Waals surface area contributed by atoms with Gasteiger partial charge in [-0.3, -0.25) is 4.79 Å². The zero-order chi connectivity index (χ0) is 14.4. The fourth-order valence-electron chi connectivity index (χ4n) is 3.22. The zero-order valence-electron chi connectivity index (χ0n) is 12.8. The maximum atomic E-state index is 11.6. The molecule has 1 fully saturated rings. The van der Waals surface area contributed by atoms with Crippen molar-refractivity contribution in [3.8, 4) is 0 Å². The molecule has 1 saturated carbocycles. The molecule has 0 aromatic heterocycles. The summed E-state index contributed by atoms with van der Waals surface area (Å²) in [5, 5.41) is 3.48. The quantitative estimate of drug-likeness (QED) is 0.746. The first-order chi connectivity index (χ1) is 9.69. The Bertz CT molecular complexity index is 424. The molecule has 0 bridgehead atoms. The molecular formula is C18H27NO. The average Bonchev–Trinajstić information content (AvgIpc) is 2.47. The second-order valence-corrected chi connectivity index (χ2v) is 6.21. The molecule has 20 heavy (non-hydrogen) atoms. The van der Waals surface area contributed by atoms with Gasteiger partial charge in [-0.2, -0.15) is 0 Å². The van der Waals surface area contributed by atoms with Crippen molar-refractivity contribution in [3.63, 3.8) is 0 Å². The van der Waals surface area contributed by atoms with E-state index in [1.807, 2.05) is 31.2 Å². The summed E-state index contributed by atoms with van der Waals surface area (Å²) in [6.07, 6.45) is 7.45. The van der Waals surface area contributed by atoms with Gasteiger partial charge in [-0.05, 0) is 48.9 Å². The van der Waals surface area contributed by atoms with Gasteiger partial charge in [0, 0.05) is 24.2 Å². The van der Waals surface area contributed by atoms with Gasteiger partial charge in [-0.25, -0.2) is 0 Å². The predicted octanol–water partition coefficient (Wildman–Crippen LogP) is 4.91. The minimum absolute atomic E-state index is 0.216. The monoisotopic (exact) mass is 273 g/mol. The smallest absolute Gasteiger partial charge is 0.162 e. The van der Waals surface area contributed by atoms with Gasteiger partial charge in [0.1, 0.15) is 0 Å². The highest BCUT2D eigenvalue weighted by atomic mass is 16.1. The number of nitrogens with one attached hydrogen (secondary N) is 1. The fraction of sp³-hybridized carbons (Fsp3) is 0.611. The Morgan fingerprint density at radius 2 is 2.00 bits per heavy atom. The number of benzene rings is 1. The summed E-state index contributed by atoms with van der Waals surface area (Å²) in [5.41, 5.74) is 1.95. The molecule has 0 saturated heterocycles. The summed E-state index contributed by atoms with van der Waals surface area (Å²) < 4.78 is 0. The van der Waals surface area contributed by atoms with Crippen LogP contribution in [0.2, 0.25) is 0 Å². The molecular weight excluding hydrogens is 246 g/mol. The summed E-state index contributed by atoms with van der Waals surface area (Å²) in [6.45, 7) is 5.32. The van der Waals surface area contributed by atoms with Gasteiger partial charge in [0.05, 0.1) is 0 Å². The van der Waals surface area contributed by atoms with Crippen LogP contribution in [0.15, 0.2) is 24.3 Å². The van der Waals surface area contributed by atoms with Crippen molar-refractivity contribution < 1.29 is 4.79 Å². The van der Waals surface area contributed by atoms with Gasteiger partial charge < -0.3 is 5.32 Å². The first-order valence-corrected chi connectivity index (χ1v) is 8.06. The van der Waals surface area contributed by atoms with Gasteiger partial charge in [0.2, 0.25) is 0 Å². The van der Waals surface area contributed by atoms with Crippen LogP contribution in [-0.4, -0.2) is 12.3 Å². The van der Waals surface area contributed by atoms with Crippen LogP contribution >= 0.6 is 0 Å². The SMILES string of the molecule is CCC(=O)c1ccc(NCCC2CCCC(C)C2)cc1. The number of carbonyl (C=O) groups is 1. The summed E-state index contributed by atoms with van der Waals surface area (Å²) in [5.74, 6) is 2.02. The predicted molar refractivity (Wildman–Crippen MR) is 85.3 cm³/mol. The molecule has 1 aliphatic rings. The molecule has 110 valence electrons. The van der Waals surface area contributed by atoms with Crippen molar-refractivity contribution in [1.29, 1.82) is 0 Å². The van der Waals surface area contributed by atoms with Crippen molar-refractivity contribution in [2.75, 3.05) is 11.9 Å². The third-order valence-corrected chi connectivity index (χ3v) is 4.45. The molecule has 0 radical (unpaired) electrons. The van der Waals surface area contributed by atoms with Gasteiger partial charge in [-0.1, -0.05) is 33.1 Å². The summed E-state index contributed by atoms with van der Waals surface area (Å²) >= 11 is 0. The van der Waals surface area contributed by atoms with E-state index in [2.05, 4.69) is 12.2 Å². The van der Waals surface area contributed by atoms with Crippen molar-refractivity contribution in [3.05, 3.63) is 29.8 Å². The standard InChI is InChI=1S/C18H27NO/c1-3-18(20)16-7-9-17(10-8-16)19-12-11-15-6-4-5-14(2)13-15/h7-10,14-15,19H,3-6,11-13H2,1-2H3. The fourth-order valence-corrected chi connectivity index (χ4v) is 3.22. The lowest BCUT2D eigenvalue weighted by Gasteiger charge is -2.26. The molecule has 2 unspecified atom stereocenters. The Morgan fingerprint density at radius 3 is 2.65 bits per heavy atom. The Morgan fingerprint density at radius 1 is 1.25 bits per heavy atom. The molecule has 1 N–H and O–H groups in total. The van der Waals surface area contributed by atoms with Gasteiger partial charge >= 0.3 is 0 Å². The van der Waals surface area contributed by atoms with Crippen LogP contribution in [0, 0.1) is 11.8 Å². The molecule has 2 rings (SSSR count). The second-order valence-electron chi connectivity index (χ2n) is 6.21. The van der Waals surface area contributed by atoms with Crippen LogP contribution in [0.4, 0.5) is 5.69 Å². The number of hydrogen-bond donors (Lipinski definition) is 1.